The molecule has 1 fully saturated rings. The summed E-state index contributed by atoms with van der Waals surface area (Å²) < 4.78 is 21.1. The molecule has 2 aliphatic rings. The molecule has 0 aliphatic carbocycles. The lowest BCUT2D eigenvalue weighted by atomic mass is 10.0. The monoisotopic (exact) mass is 427 g/mol. The van der Waals surface area contributed by atoms with E-state index >= 15 is 0 Å². The highest BCUT2D eigenvalue weighted by molar-refractivity contribution is 5.69. The van der Waals surface area contributed by atoms with E-state index in [4.69, 9.17) is 9.72 Å². The highest BCUT2D eigenvalue weighted by Crippen LogP contribution is 2.32. The topological polar surface area (TPSA) is 83.2 Å². The number of ether oxygens (including phenoxy) is 1. The molecule has 2 bridgehead atoms. The molecule has 0 amide bonds. The van der Waals surface area contributed by atoms with Crippen LogP contribution in [0.4, 0.5) is 10.2 Å². The molecule has 31 heavy (non-hydrogen) atoms. The fraction of sp³-hybridized carbons (Fsp3) is 0.409. The fourth-order valence-corrected chi connectivity index (χ4v) is 4.11. The van der Waals surface area contributed by atoms with Gasteiger partial charge in [-0.2, -0.15) is 5.10 Å². The number of aliphatic carboxylic acids is 1. The standard InChI is InChI=1S/C22H26FN5O3/c1-15(23)5-6-19-16(2)18-4-3-8-27(18)20-7-9-28-22(25-20)17(12-24-28)13-26(10-11-31-19)14-21(29)30/h5-7,9,12,18H,2-4,8,10-11,13-14H2,1H3,(H,29,30)/b15-5+,19-6+/t18-/m1/s1. The van der Waals surface area contributed by atoms with Gasteiger partial charge >= 0.3 is 5.97 Å². The molecular formula is C22H26FN5O3. The fourth-order valence-electron chi connectivity index (χ4n) is 4.11. The summed E-state index contributed by atoms with van der Waals surface area (Å²) >= 11 is 0. The second kappa shape index (κ2) is 8.89. The van der Waals surface area contributed by atoms with Gasteiger partial charge in [-0.25, -0.2) is 13.9 Å². The van der Waals surface area contributed by atoms with Gasteiger partial charge in [-0.3, -0.25) is 9.69 Å². The van der Waals surface area contributed by atoms with E-state index in [0.29, 0.717) is 24.5 Å². The Kier molecular flexibility index (Phi) is 6.03. The van der Waals surface area contributed by atoms with Gasteiger partial charge in [0.05, 0.1) is 24.6 Å². The molecule has 0 unspecified atom stereocenters. The van der Waals surface area contributed by atoms with Crippen molar-refractivity contribution in [1.29, 1.82) is 0 Å². The molecule has 1 N–H and O–H groups in total. The second-order valence-electron chi connectivity index (χ2n) is 7.84. The molecule has 2 aromatic rings. The molecule has 9 heteroatoms. The van der Waals surface area contributed by atoms with Crippen molar-refractivity contribution in [2.75, 3.05) is 31.1 Å². The number of allylic oxidation sites excluding steroid dienone is 3. The van der Waals surface area contributed by atoms with E-state index < -0.39 is 5.97 Å². The normalized spacial score (nSPS) is 22.2. The molecule has 0 saturated carbocycles. The summed E-state index contributed by atoms with van der Waals surface area (Å²) in [5.41, 5.74) is 2.31. The van der Waals surface area contributed by atoms with Crippen LogP contribution in [0, 0.1) is 0 Å². The minimum Gasteiger partial charge on any atom is -0.492 e. The summed E-state index contributed by atoms with van der Waals surface area (Å²) in [7, 11) is 0. The predicted molar refractivity (Wildman–Crippen MR) is 114 cm³/mol. The lowest BCUT2D eigenvalue weighted by Crippen LogP contribution is -2.33. The molecule has 0 radical (unpaired) electrons. The minimum absolute atomic E-state index is 0.0169. The summed E-state index contributed by atoms with van der Waals surface area (Å²) in [6.07, 6.45) is 8.42. The number of rotatable bonds is 3. The SMILES string of the molecule is C=C1/C(=C\C=C(/C)F)OCCN(CC(=O)O)Cc2cnn3ccc(nc23)N2CCC[C@H]12. The summed E-state index contributed by atoms with van der Waals surface area (Å²) in [6.45, 7) is 7.32. The first-order chi connectivity index (χ1) is 14.9. The lowest BCUT2D eigenvalue weighted by Gasteiger charge is -2.28. The van der Waals surface area contributed by atoms with E-state index in [1.165, 1.54) is 13.0 Å². The smallest absolute Gasteiger partial charge is 0.317 e. The molecule has 4 heterocycles. The van der Waals surface area contributed by atoms with Crippen molar-refractivity contribution in [3.05, 3.63) is 59.9 Å². The van der Waals surface area contributed by atoms with Crippen molar-refractivity contribution in [1.82, 2.24) is 19.5 Å². The van der Waals surface area contributed by atoms with Gasteiger partial charge in [0.2, 0.25) is 0 Å². The molecule has 4 rings (SSSR count). The molecule has 8 nitrogen and oxygen atoms in total. The number of anilines is 1. The van der Waals surface area contributed by atoms with Gasteiger partial charge in [0.15, 0.2) is 5.65 Å². The van der Waals surface area contributed by atoms with Gasteiger partial charge in [-0.15, -0.1) is 0 Å². The van der Waals surface area contributed by atoms with Crippen molar-refractivity contribution >= 4 is 17.4 Å². The van der Waals surface area contributed by atoms with Gasteiger partial charge in [-0.1, -0.05) is 6.58 Å². The van der Waals surface area contributed by atoms with Crippen LogP contribution in [0.5, 0.6) is 0 Å². The van der Waals surface area contributed by atoms with Crippen molar-refractivity contribution in [2.45, 2.75) is 32.4 Å². The first-order valence-corrected chi connectivity index (χ1v) is 10.3. The van der Waals surface area contributed by atoms with E-state index in [-0.39, 0.29) is 25.0 Å². The molecule has 1 saturated heterocycles. The number of halogens is 1. The predicted octanol–water partition coefficient (Wildman–Crippen LogP) is 2.93. The number of carboxylic acid groups (broad SMARTS) is 1. The van der Waals surface area contributed by atoms with E-state index in [1.54, 1.807) is 21.7 Å². The summed E-state index contributed by atoms with van der Waals surface area (Å²) in [6, 6.07) is 1.90. The number of nitrogens with zero attached hydrogens (tertiary/aromatic N) is 5. The maximum absolute atomic E-state index is 13.4. The van der Waals surface area contributed by atoms with Crippen molar-refractivity contribution in [2.24, 2.45) is 0 Å². The first kappa shape index (κ1) is 21.0. The number of hydrogen-bond donors (Lipinski definition) is 1. The van der Waals surface area contributed by atoms with Crippen LogP contribution in [0.1, 0.15) is 25.3 Å². The van der Waals surface area contributed by atoms with Crippen LogP contribution in [0.25, 0.3) is 5.65 Å². The highest BCUT2D eigenvalue weighted by Gasteiger charge is 2.31. The van der Waals surface area contributed by atoms with Gasteiger partial charge in [0, 0.05) is 37.0 Å². The molecule has 164 valence electrons. The Morgan fingerprint density at radius 2 is 2.29 bits per heavy atom. The highest BCUT2D eigenvalue weighted by atomic mass is 19.1. The van der Waals surface area contributed by atoms with Crippen LogP contribution in [-0.4, -0.2) is 62.9 Å². The Balaban J connectivity index is 1.76. The average molecular weight is 427 g/mol. The Morgan fingerprint density at radius 1 is 1.45 bits per heavy atom. The largest absolute Gasteiger partial charge is 0.492 e. The summed E-state index contributed by atoms with van der Waals surface area (Å²) in [4.78, 5) is 20.2. The number of fused-ring (bicyclic) bond motifs is 3. The molecular weight excluding hydrogens is 401 g/mol. The number of carbonyl (C=O) groups is 1. The Morgan fingerprint density at radius 3 is 3.06 bits per heavy atom. The number of hydrogen-bond acceptors (Lipinski definition) is 6. The third-order valence-electron chi connectivity index (χ3n) is 5.58. The Labute approximate surface area is 179 Å². The second-order valence-corrected chi connectivity index (χ2v) is 7.84. The van der Waals surface area contributed by atoms with E-state index in [0.717, 1.165) is 36.3 Å². The van der Waals surface area contributed by atoms with Crippen LogP contribution >= 0.6 is 0 Å². The van der Waals surface area contributed by atoms with Crippen LogP contribution in [-0.2, 0) is 16.1 Å². The number of aromatic nitrogens is 3. The van der Waals surface area contributed by atoms with Crippen LogP contribution in [0.2, 0.25) is 0 Å². The third kappa shape index (κ3) is 4.61. The first-order valence-electron chi connectivity index (χ1n) is 10.3. The van der Waals surface area contributed by atoms with E-state index in [9.17, 15) is 14.3 Å². The van der Waals surface area contributed by atoms with Crippen molar-refractivity contribution in [3.8, 4) is 0 Å². The lowest BCUT2D eigenvalue weighted by molar-refractivity contribution is -0.138. The van der Waals surface area contributed by atoms with Gasteiger partial charge in [0.25, 0.3) is 0 Å². The zero-order chi connectivity index (χ0) is 22.0. The molecule has 2 aromatic heterocycles. The van der Waals surface area contributed by atoms with Crippen molar-refractivity contribution in [3.63, 3.8) is 0 Å². The molecule has 0 aromatic carbocycles. The zero-order valence-electron chi connectivity index (χ0n) is 17.5. The quantitative estimate of drug-likeness (QED) is 0.806. The Bertz CT molecular complexity index is 1060. The van der Waals surface area contributed by atoms with Crippen molar-refractivity contribution < 1.29 is 19.0 Å². The van der Waals surface area contributed by atoms with Gasteiger partial charge < -0.3 is 14.7 Å². The maximum Gasteiger partial charge on any atom is 0.317 e. The van der Waals surface area contributed by atoms with Gasteiger partial charge in [0.1, 0.15) is 18.2 Å². The van der Waals surface area contributed by atoms with Crippen LogP contribution in [0.3, 0.4) is 0 Å². The summed E-state index contributed by atoms with van der Waals surface area (Å²) in [5.74, 6) is 0.0550. The molecule has 0 spiro atoms. The molecule has 1 atom stereocenters. The Hall–Kier alpha value is -3.20. The summed E-state index contributed by atoms with van der Waals surface area (Å²) in [5, 5.41) is 13.7. The molecule has 2 aliphatic heterocycles. The minimum atomic E-state index is -0.925. The van der Waals surface area contributed by atoms with E-state index in [1.807, 2.05) is 12.3 Å². The average Bonchev–Trinajstić information content (AvgIpc) is 3.35. The maximum atomic E-state index is 13.4. The number of carboxylic acids is 1. The zero-order valence-corrected chi connectivity index (χ0v) is 17.5. The van der Waals surface area contributed by atoms with Crippen LogP contribution in [0.15, 0.2) is 54.4 Å². The third-order valence-corrected chi connectivity index (χ3v) is 5.58. The van der Waals surface area contributed by atoms with Crippen LogP contribution < -0.4 is 4.90 Å². The van der Waals surface area contributed by atoms with E-state index in [2.05, 4.69) is 16.6 Å². The van der Waals surface area contributed by atoms with Gasteiger partial charge in [-0.05, 0) is 38.0 Å².